The fourth-order valence-corrected chi connectivity index (χ4v) is 5.33. The molecule has 0 saturated heterocycles. The minimum Gasteiger partial charge on any atom is -0.426 e. The van der Waals surface area contributed by atoms with Gasteiger partial charge in [0.25, 0.3) is 0 Å². The number of hydrogen-bond donors (Lipinski definition) is 1. The highest BCUT2D eigenvalue weighted by molar-refractivity contribution is 6.30. The molecule has 9 nitrogen and oxygen atoms in total. The predicted octanol–water partition coefficient (Wildman–Crippen LogP) is 8.21. The third-order valence-corrected chi connectivity index (χ3v) is 8.25. The monoisotopic (exact) mass is 685 g/mol. The first-order chi connectivity index (χ1) is 22.8. The molecule has 0 fully saturated rings. The number of hydrogen-bond acceptors (Lipinski definition) is 8. The normalized spacial score (nSPS) is 15.9. The maximum absolute atomic E-state index is 13.3. The van der Waals surface area contributed by atoms with Gasteiger partial charge in [-0.1, -0.05) is 75.3 Å². The van der Waals surface area contributed by atoms with Crippen LogP contribution < -0.4 is 10.2 Å². The molecular weight excluding hydrogens is 647 g/mol. The van der Waals surface area contributed by atoms with Crippen LogP contribution in [0.2, 0.25) is 5.02 Å². The van der Waals surface area contributed by atoms with E-state index in [1.807, 2.05) is 26.0 Å². The van der Waals surface area contributed by atoms with E-state index in [0.717, 1.165) is 25.0 Å². The van der Waals surface area contributed by atoms with Gasteiger partial charge >= 0.3 is 12.1 Å². The average molecular weight is 686 g/mol. The molecule has 1 unspecified atom stereocenters. The SMILES string of the molecule is C=C(NOCC1=C(CC(=O)Oc2ccc(Cl)cc2)C=CC(C)(C)C1=NOC(Cn1cncn1)C(CC)CC)c1cccc(C(F)(F)F)c1. The van der Waals surface area contributed by atoms with Crippen molar-refractivity contribution in [2.45, 2.75) is 65.8 Å². The fraction of sp³-hybridized carbons (Fsp3) is 0.371. The molecule has 13 heteroatoms. The van der Waals surface area contributed by atoms with Gasteiger partial charge in [0.1, 0.15) is 31.1 Å². The summed E-state index contributed by atoms with van der Waals surface area (Å²) in [6, 6.07) is 11.2. The van der Waals surface area contributed by atoms with Gasteiger partial charge in [-0.05, 0) is 66.3 Å². The van der Waals surface area contributed by atoms with Crippen LogP contribution in [-0.4, -0.2) is 39.2 Å². The molecule has 1 heterocycles. The molecule has 0 amide bonds. The number of carbonyl (C=O) groups is 1. The Hall–Kier alpha value is -4.42. The van der Waals surface area contributed by atoms with Crippen LogP contribution in [0.5, 0.6) is 5.75 Å². The third kappa shape index (κ3) is 9.80. The number of oxime groups is 1. The van der Waals surface area contributed by atoms with Crippen molar-refractivity contribution in [2.75, 3.05) is 6.61 Å². The van der Waals surface area contributed by atoms with E-state index in [0.29, 0.717) is 34.2 Å². The maximum Gasteiger partial charge on any atom is 0.416 e. The number of hydroxylamine groups is 1. The molecule has 3 aromatic rings. The lowest BCUT2D eigenvalue weighted by Gasteiger charge is -2.31. The van der Waals surface area contributed by atoms with Gasteiger partial charge in [0.2, 0.25) is 0 Å². The van der Waals surface area contributed by atoms with Crippen molar-refractivity contribution in [2.24, 2.45) is 16.5 Å². The number of halogens is 4. The van der Waals surface area contributed by atoms with E-state index >= 15 is 0 Å². The van der Waals surface area contributed by atoms with Crippen LogP contribution in [-0.2, 0) is 27.2 Å². The van der Waals surface area contributed by atoms with E-state index in [1.165, 1.54) is 18.5 Å². The minimum absolute atomic E-state index is 0.118. The van der Waals surface area contributed by atoms with Crippen LogP contribution in [0.25, 0.3) is 5.70 Å². The van der Waals surface area contributed by atoms with Crippen LogP contribution >= 0.6 is 11.6 Å². The summed E-state index contributed by atoms with van der Waals surface area (Å²) in [5.74, 6) is -0.0343. The molecule has 0 spiro atoms. The Kier molecular flexibility index (Phi) is 12.2. The topological polar surface area (TPSA) is 99.9 Å². The van der Waals surface area contributed by atoms with E-state index < -0.39 is 23.1 Å². The lowest BCUT2D eigenvalue weighted by atomic mass is 9.77. The van der Waals surface area contributed by atoms with Gasteiger partial charge < -0.3 is 9.57 Å². The van der Waals surface area contributed by atoms with Crippen molar-refractivity contribution in [3.8, 4) is 5.75 Å². The second kappa shape index (κ2) is 16.1. The van der Waals surface area contributed by atoms with Gasteiger partial charge in [0.15, 0.2) is 0 Å². The summed E-state index contributed by atoms with van der Waals surface area (Å²) in [6.07, 6.45) is 3.52. The molecule has 48 heavy (non-hydrogen) atoms. The molecule has 1 aromatic heterocycles. The molecule has 256 valence electrons. The van der Waals surface area contributed by atoms with Crippen molar-refractivity contribution in [3.05, 3.63) is 107 Å². The Morgan fingerprint density at radius 3 is 2.52 bits per heavy atom. The number of ether oxygens (including phenoxy) is 1. The van der Waals surface area contributed by atoms with Crippen molar-refractivity contribution >= 4 is 29.0 Å². The van der Waals surface area contributed by atoms with Gasteiger partial charge in [-0.2, -0.15) is 18.3 Å². The van der Waals surface area contributed by atoms with Gasteiger partial charge in [0, 0.05) is 16.0 Å². The van der Waals surface area contributed by atoms with Gasteiger partial charge in [-0.3, -0.25) is 15.1 Å². The molecular formula is C35H39ClF3N5O4. The highest BCUT2D eigenvalue weighted by atomic mass is 35.5. The van der Waals surface area contributed by atoms with E-state index in [1.54, 1.807) is 35.3 Å². The number of carbonyl (C=O) groups excluding carboxylic acids is 1. The number of nitrogens with one attached hydrogen (secondary N) is 1. The van der Waals surface area contributed by atoms with Crippen LogP contribution in [0.1, 0.15) is 58.1 Å². The number of alkyl halides is 3. The number of rotatable bonds is 15. The Balaban J connectivity index is 1.63. The van der Waals surface area contributed by atoms with E-state index in [-0.39, 0.29) is 36.3 Å². The number of nitrogens with zero attached hydrogens (tertiary/aromatic N) is 4. The lowest BCUT2D eigenvalue weighted by Crippen LogP contribution is -2.33. The summed E-state index contributed by atoms with van der Waals surface area (Å²) in [5.41, 5.74) is 3.15. The quantitative estimate of drug-likeness (QED) is 0.0978. The Labute approximate surface area is 283 Å². The summed E-state index contributed by atoms with van der Waals surface area (Å²) in [6.45, 7) is 12.2. The highest BCUT2D eigenvalue weighted by Gasteiger charge is 2.34. The smallest absolute Gasteiger partial charge is 0.416 e. The highest BCUT2D eigenvalue weighted by Crippen LogP contribution is 2.34. The first-order valence-corrected chi connectivity index (χ1v) is 15.9. The number of esters is 1. The van der Waals surface area contributed by atoms with Crippen LogP contribution in [0.3, 0.4) is 0 Å². The molecule has 1 atom stereocenters. The molecule has 0 radical (unpaired) electrons. The molecule has 0 aliphatic heterocycles. The van der Waals surface area contributed by atoms with Crippen molar-refractivity contribution in [1.82, 2.24) is 20.2 Å². The summed E-state index contributed by atoms with van der Waals surface area (Å²) >= 11 is 5.97. The van der Waals surface area contributed by atoms with Crippen LogP contribution in [0.15, 0.2) is 96.2 Å². The van der Waals surface area contributed by atoms with Gasteiger partial charge in [-0.15, -0.1) is 0 Å². The molecule has 2 aromatic carbocycles. The zero-order valence-electron chi connectivity index (χ0n) is 27.3. The minimum atomic E-state index is -4.51. The zero-order chi connectivity index (χ0) is 34.9. The molecule has 1 N–H and O–H groups in total. The van der Waals surface area contributed by atoms with E-state index in [4.69, 9.17) is 26.0 Å². The molecule has 1 aliphatic rings. The number of allylic oxidation sites excluding steroid dienone is 2. The van der Waals surface area contributed by atoms with E-state index in [2.05, 4.69) is 41.1 Å². The molecule has 1 aliphatic carbocycles. The number of benzene rings is 2. The van der Waals surface area contributed by atoms with E-state index in [9.17, 15) is 18.0 Å². The molecule has 4 rings (SSSR count). The lowest BCUT2D eigenvalue weighted by molar-refractivity contribution is -0.137. The molecule has 0 saturated carbocycles. The first-order valence-electron chi connectivity index (χ1n) is 15.5. The Morgan fingerprint density at radius 1 is 1.15 bits per heavy atom. The number of aromatic nitrogens is 3. The molecule has 0 bridgehead atoms. The summed E-state index contributed by atoms with van der Waals surface area (Å²) < 4.78 is 47.2. The zero-order valence-corrected chi connectivity index (χ0v) is 28.0. The summed E-state index contributed by atoms with van der Waals surface area (Å²) in [4.78, 5) is 29.2. The second-order valence-electron chi connectivity index (χ2n) is 11.9. The van der Waals surface area contributed by atoms with Crippen molar-refractivity contribution in [3.63, 3.8) is 0 Å². The third-order valence-electron chi connectivity index (χ3n) is 8.00. The van der Waals surface area contributed by atoms with Crippen molar-refractivity contribution < 1.29 is 32.4 Å². The van der Waals surface area contributed by atoms with Crippen LogP contribution in [0.4, 0.5) is 13.2 Å². The van der Waals surface area contributed by atoms with Gasteiger partial charge in [0.05, 0.1) is 29.9 Å². The summed E-state index contributed by atoms with van der Waals surface area (Å²) in [7, 11) is 0. The average Bonchev–Trinajstić information content (AvgIpc) is 3.56. The Morgan fingerprint density at radius 2 is 1.88 bits per heavy atom. The fourth-order valence-electron chi connectivity index (χ4n) is 5.21. The standard InChI is InChI=1S/C35H39ClF3N5O4/c1-6-24(7-2)31(19-44-22-40-21-41-44)48-43-33-30(20-46-42-23(3)25-9-8-10-27(17-25)35(37,38)39)26(15-16-34(33,4)5)18-32(45)47-29-13-11-28(36)12-14-29/h8-17,21-22,24,31,42H,3,6-7,18-20H2,1-2,4-5H3. The van der Waals surface area contributed by atoms with Gasteiger partial charge in [-0.25, -0.2) is 9.67 Å². The maximum atomic E-state index is 13.3. The largest absolute Gasteiger partial charge is 0.426 e. The summed E-state index contributed by atoms with van der Waals surface area (Å²) in [5, 5.41) is 9.42. The predicted molar refractivity (Wildman–Crippen MR) is 178 cm³/mol. The van der Waals surface area contributed by atoms with Crippen molar-refractivity contribution in [1.29, 1.82) is 0 Å². The first kappa shape index (κ1) is 36.4. The van der Waals surface area contributed by atoms with Crippen LogP contribution in [0, 0.1) is 11.3 Å². The second-order valence-corrected chi connectivity index (χ2v) is 12.3. The Bertz CT molecular complexity index is 1650.